The lowest BCUT2D eigenvalue weighted by Gasteiger charge is -2.26. The average molecular weight is 398 g/mol. The Morgan fingerprint density at radius 1 is 1.42 bits per heavy atom. The number of amidine groups is 1. The topological polar surface area (TPSA) is 115 Å². The molecule has 3 rings (SSSR count). The van der Waals surface area contributed by atoms with Crippen LogP contribution in [-0.4, -0.2) is 43.9 Å². The van der Waals surface area contributed by atoms with E-state index in [1.807, 2.05) is 22.1 Å². The Morgan fingerprint density at radius 3 is 2.92 bits per heavy atom. The fourth-order valence-electron chi connectivity index (χ4n) is 2.43. The van der Waals surface area contributed by atoms with Gasteiger partial charge in [-0.3, -0.25) is 5.43 Å². The lowest BCUT2D eigenvalue weighted by molar-refractivity contribution is 0.186. The standard InChI is InChI=1S/C14H18N6O4S2/c1-9-15-12(24-3)8-20(16-9)17-14(21)18-26(22,23)11-6-4-5-10-7-19(2)25-13(10)11/h4-6,8H,7H2,1-3H3,(H,15,16)(H2,17,18,21). The second-order valence-electron chi connectivity index (χ2n) is 5.52. The highest BCUT2D eigenvalue weighted by Gasteiger charge is 2.28. The van der Waals surface area contributed by atoms with Crippen LogP contribution in [0.15, 0.2) is 45.1 Å². The first-order valence-corrected chi connectivity index (χ1v) is 9.75. The summed E-state index contributed by atoms with van der Waals surface area (Å²) in [6.45, 7) is 2.30. The molecule has 0 radical (unpaired) electrons. The van der Waals surface area contributed by atoms with E-state index in [9.17, 15) is 13.2 Å². The van der Waals surface area contributed by atoms with E-state index < -0.39 is 16.1 Å². The van der Waals surface area contributed by atoms with E-state index in [0.29, 0.717) is 17.3 Å². The SMILES string of the molecule is COC1=CN(NC(=O)NS(=O)(=O)c2cccc3c2SN(C)C3)NC(C)=N1. The highest BCUT2D eigenvalue weighted by atomic mass is 32.2. The Balaban J connectivity index is 1.73. The molecule has 0 unspecified atom stereocenters. The summed E-state index contributed by atoms with van der Waals surface area (Å²) in [6, 6.07) is 4.07. The Bertz CT molecular complexity index is 899. The lowest BCUT2D eigenvalue weighted by Crippen LogP contribution is -2.54. The second-order valence-corrected chi connectivity index (χ2v) is 8.38. The largest absolute Gasteiger partial charge is 0.480 e. The summed E-state index contributed by atoms with van der Waals surface area (Å²) in [6.07, 6.45) is 1.37. The predicted octanol–water partition coefficient (Wildman–Crippen LogP) is 0.726. The van der Waals surface area contributed by atoms with Crippen molar-refractivity contribution >= 4 is 33.8 Å². The molecule has 0 spiro atoms. The van der Waals surface area contributed by atoms with Crippen LogP contribution < -0.4 is 15.6 Å². The van der Waals surface area contributed by atoms with Crippen molar-refractivity contribution in [3.63, 3.8) is 0 Å². The number of hydrogen-bond donors (Lipinski definition) is 3. The number of amides is 2. The monoisotopic (exact) mass is 398 g/mol. The van der Waals surface area contributed by atoms with Gasteiger partial charge in [0.05, 0.1) is 7.11 Å². The molecule has 0 saturated carbocycles. The van der Waals surface area contributed by atoms with E-state index in [-0.39, 0.29) is 10.8 Å². The van der Waals surface area contributed by atoms with E-state index >= 15 is 0 Å². The number of methoxy groups -OCH3 is 1. The first-order valence-electron chi connectivity index (χ1n) is 7.50. The minimum Gasteiger partial charge on any atom is -0.480 e. The number of ether oxygens (including phenoxy) is 1. The lowest BCUT2D eigenvalue weighted by atomic mass is 10.2. The number of fused-ring (bicyclic) bond motifs is 1. The zero-order valence-corrected chi connectivity index (χ0v) is 15.9. The van der Waals surface area contributed by atoms with Crippen molar-refractivity contribution < 1.29 is 17.9 Å². The molecule has 10 nitrogen and oxygen atoms in total. The van der Waals surface area contributed by atoms with Crippen LogP contribution in [-0.2, 0) is 21.3 Å². The van der Waals surface area contributed by atoms with Crippen LogP contribution in [0.3, 0.4) is 0 Å². The molecule has 0 saturated heterocycles. The summed E-state index contributed by atoms with van der Waals surface area (Å²) >= 11 is 1.33. The van der Waals surface area contributed by atoms with Gasteiger partial charge in [0.2, 0.25) is 5.88 Å². The molecule has 1 aromatic carbocycles. The van der Waals surface area contributed by atoms with Crippen LogP contribution in [0.2, 0.25) is 0 Å². The number of carbonyl (C=O) groups is 1. The van der Waals surface area contributed by atoms with Gasteiger partial charge >= 0.3 is 6.03 Å². The van der Waals surface area contributed by atoms with Crippen LogP contribution in [0.1, 0.15) is 12.5 Å². The molecule has 2 aliphatic rings. The van der Waals surface area contributed by atoms with E-state index in [1.165, 1.54) is 31.3 Å². The van der Waals surface area contributed by atoms with Crippen LogP contribution in [0.5, 0.6) is 0 Å². The maximum Gasteiger partial charge on any atom is 0.349 e. The molecule has 0 atom stereocenters. The normalized spacial score (nSPS) is 17.0. The summed E-state index contributed by atoms with van der Waals surface area (Å²) in [5, 5.41) is 1.16. The molecule has 1 aromatic rings. The molecule has 2 heterocycles. The summed E-state index contributed by atoms with van der Waals surface area (Å²) < 4.78 is 34.2. The number of nitrogens with zero attached hydrogens (tertiary/aromatic N) is 3. The number of hydrogen-bond acceptors (Lipinski definition) is 9. The fraction of sp³-hybridized carbons (Fsp3) is 0.286. The smallest absolute Gasteiger partial charge is 0.349 e. The van der Waals surface area contributed by atoms with Gasteiger partial charge < -0.3 is 4.74 Å². The molecule has 0 aromatic heterocycles. The second kappa shape index (κ2) is 7.05. The van der Waals surface area contributed by atoms with Crippen LogP contribution in [0, 0.1) is 0 Å². The summed E-state index contributed by atoms with van der Waals surface area (Å²) in [4.78, 5) is 16.9. The fourth-order valence-corrected chi connectivity index (χ4v) is 4.83. The molecule has 2 aliphatic heterocycles. The maximum atomic E-state index is 12.6. The average Bonchev–Trinajstić information content (AvgIpc) is 2.93. The third kappa shape index (κ3) is 3.86. The number of carbonyl (C=O) groups excluding carboxylic acids is 1. The number of nitrogens with one attached hydrogen (secondary N) is 3. The first kappa shape index (κ1) is 18.4. The van der Waals surface area contributed by atoms with E-state index in [2.05, 4.69) is 15.8 Å². The Kier molecular flexibility index (Phi) is 4.98. The molecular formula is C14H18N6O4S2. The van der Waals surface area contributed by atoms with Crippen molar-refractivity contribution in [2.45, 2.75) is 23.3 Å². The van der Waals surface area contributed by atoms with Crippen LogP contribution in [0.25, 0.3) is 0 Å². The Hall–Kier alpha value is -2.44. The van der Waals surface area contributed by atoms with Gasteiger partial charge in [0.1, 0.15) is 16.9 Å². The highest BCUT2D eigenvalue weighted by molar-refractivity contribution is 7.98. The van der Waals surface area contributed by atoms with Crippen molar-refractivity contribution in [3.05, 3.63) is 35.8 Å². The summed E-state index contributed by atoms with van der Waals surface area (Å²) in [5.74, 6) is 0.720. The maximum absolute atomic E-state index is 12.6. The molecule has 0 fully saturated rings. The van der Waals surface area contributed by atoms with E-state index in [4.69, 9.17) is 4.74 Å². The zero-order chi connectivity index (χ0) is 18.9. The molecule has 0 bridgehead atoms. The van der Waals surface area contributed by atoms with Gasteiger partial charge in [0.15, 0.2) is 0 Å². The van der Waals surface area contributed by atoms with Crippen LogP contribution >= 0.6 is 11.9 Å². The quantitative estimate of drug-likeness (QED) is 0.636. The third-order valence-electron chi connectivity index (χ3n) is 3.45. The molecular weight excluding hydrogens is 380 g/mol. The van der Waals surface area contributed by atoms with Gasteiger partial charge in [-0.1, -0.05) is 12.1 Å². The molecule has 3 N–H and O–H groups in total. The Morgan fingerprint density at radius 2 is 2.19 bits per heavy atom. The third-order valence-corrected chi connectivity index (χ3v) is 6.06. The van der Waals surface area contributed by atoms with Crippen molar-refractivity contribution in [2.24, 2.45) is 4.99 Å². The number of rotatable bonds is 4. The molecule has 0 aliphatic carbocycles. The summed E-state index contributed by atoms with van der Waals surface area (Å²) in [5.41, 5.74) is 5.99. The minimum absolute atomic E-state index is 0.0666. The Labute approximate surface area is 155 Å². The van der Waals surface area contributed by atoms with Crippen LogP contribution in [0.4, 0.5) is 4.79 Å². The van der Waals surface area contributed by atoms with E-state index in [1.54, 1.807) is 13.0 Å². The molecule has 12 heteroatoms. The van der Waals surface area contributed by atoms with Gasteiger partial charge in [0.25, 0.3) is 10.0 Å². The van der Waals surface area contributed by atoms with Gasteiger partial charge in [-0.2, -0.15) is 10.1 Å². The van der Waals surface area contributed by atoms with Crippen molar-refractivity contribution in [1.82, 2.24) is 25.0 Å². The number of urea groups is 1. The van der Waals surface area contributed by atoms with Gasteiger partial charge in [-0.25, -0.2) is 27.7 Å². The van der Waals surface area contributed by atoms with Crippen molar-refractivity contribution in [3.8, 4) is 0 Å². The van der Waals surface area contributed by atoms with E-state index in [0.717, 1.165) is 10.7 Å². The minimum atomic E-state index is -4.04. The number of sulfonamides is 1. The highest BCUT2D eigenvalue weighted by Crippen LogP contribution is 2.38. The van der Waals surface area contributed by atoms with Crippen molar-refractivity contribution in [1.29, 1.82) is 0 Å². The first-order chi connectivity index (χ1) is 12.3. The number of hydrazine groups is 2. The number of aliphatic imine (C=N–C) groups is 1. The zero-order valence-electron chi connectivity index (χ0n) is 14.3. The molecule has 2 amide bonds. The summed E-state index contributed by atoms with van der Waals surface area (Å²) in [7, 11) is -0.738. The van der Waals surface area contributed by atoms with Gasteiger partial charge in [-0.15, -0.1) is 0 Å². The van der Waals surface area contributed by atoms with Gasteiger partial charge in [-0.05, 0) is 37.5 Å². The molecule has 26 heavy (non-hydrogen) atoms. The number of benzene rings is 1. The van der Waals surface area contributed by atoms with Crippen molar-refractivity contribution in [2.75, 3.05) is 14.2 Å². The predicted molar refractivity (Wildman–Crippen MR) is 95.8 cm³/mol. The van der Waals surface area contributed by atoms with Gasteiger partial charge in [0, 0.05) is 11.4 Å². The molecule has 140 valence electrons.